The van der Waals surface area contributed by atoms with E-state index in [0.29, 0.717) is 10.4 Å². The Bertz CT molecular complexity index is 393. The van der Waals surface area contributed by atoms with E-state index in [1.54, 1.807) is 12.1 Å². The van der Waals surface area contributed by atoms with Gasteiger partial charge >= 0.3 is 0 Å². The Kier molecular flexibility index (Phi) is 3.50. The molecule has 1 rings (SSSR count). The molecule has 0 bridgehead atoms. The summed E-state index contributed by atoms with van der Waals surface area (Å²) in [6.07, 6.45) is 0. The summed E-state index contributed by atoms with van der Waals surface area (Å²) >= 11 is 0. The van der Waals surface area contributed by atoms with E-state index in [1.807, 2.05) is 32.9 Å². The lowest BCUT2D eigenvalue weighted by Gasteiger charge is -2.06. The van der Waals surface area contributed by atoms with Crippen LogP contribution in [0.1, 0.15) is 19.4 Å². The van der Waals surface area contributed by atoms with Crippen LogP contribution in [0.2, 0.25) is 5.54 Å². The van der Waals surface area contributed by atoms with Gasteiger partial charge < -0.3 is 0 Å². The topological polar surface area (TPSA) is 34.1 Å². The van der Waals surface area contributed by atoms with Crippen molar-refractivity contribution in [1.82, 2.24) is 0 Å². The highest BCUT2D eigenvalue weighted by atomic mass is 32.4. The smallest absolute Gasteiger partial charge is 0.173 e. The van der Waals surface area contributed by atoms with Gasteiger partial charge in [-0.3, -0.25) is 0 Å². The van der Waals surface area contributed by atoms with Crippen LogP contribution in [0, 0.1) is 6.92 Å². The molecule has 0 aromatic heterocycles. The predicted molar refractivity (Wildman–Crippen MR) is 62.0 cm³/mol. The van der Waals surface area contributed by atoms with Crippen molar-refractivity contribution < 1.29 is 8.42 Å². The molecule has 1 aromatic rings. The fourth-order valence-electron chi connectivity index (χ4n) is 1.28. The molecular formula is C10H16O2SSi. The normalized spacial score (nSPS) is 12.9. The first kappa shape index (κ1) is 11.5. The van der Waals surface area contributed by atoms with Gasteiger partial charge in [0.2, 0.25) is 0 Å². The molecule has 0 unspecified atom stereocenters. The van der Waals surface area contributed by atoms with Crippen molar-refractivity contribution in [3.05, 3.63) is 29.8 Å². The Morgan fingerprint density at radius 2 is 1.64 bits per heavy atom. The van der Waals surface area contributed by atoms with E-state index in [9.17, 15) is 8.42 Å². The molecule has 78 valence electrons. The lowest BCUT2D eigenvalue weighted by molar-refractivity contribution is 0.608. The summed E-state index contributed by atoms with van der Waals surface area (Å²) < 4.78 is 23.6. The van der Waals surface area contributed by atoms with Crippen molar-refractivity contribution in [2.75, 3.05) is 0 Å². The van der Waals surface area contributed by atoms with Gasteiger partial charge in [-0.2, -0.15) is 0 Å². The maximum Gasteiger partial charge on any atom is 0.173 e. The maximum absolute atomic E-state index is 11.8. The molecule has 0 atom stereocenters. The monoisotopic (exact) mass is 228 g/mol. The molecule has 0 aliphatic rings. The van der Waals surface area contributed by atoms with Crippen LogP contribution in [-0.4, -0.2) is 17.1 Å². The molecule has 0 heterocycles. The van der Waals surface area contributed by atoms with Crippen molar-refractivity contribution in [2.45, 2.75) is 31.2 Å². The van der Waals surface area contributed by atoms with Gasteiger partial charge in [-0.25, -0.2) is 8.42 Å². The minimum absolute atomic E-state index is 0.307. The SMILES string of the molecule is Cc1ccc(S(=O)(=O)[SiH2]C(C)C)cc1. The van der Waals surface area contributed by atoms with Gasteiger partial charge in [0, 0.05) is 0 Å². The summed E-state index contributed by atoms with van der Waals surface area (Å²) in [6.45, 7) is 5.90. The number of rotatable bonds is 3. The first-order valence-corrected chi connectivity index (χ1v) is 8.91. The summed E-state index contributed by atoms with van der Waals surface area (Å²) in [5.74, 6) is 0. The van der Waals surface area contributed by atoms with Crippen molar-refractivity contribution in [2.24, 2.45) is 0 Å². The van der Waals surface area contributed by atoms with Gasteiger partial charge in [-0.05, 0) is 24.6 Å². The van der Waals surface area contributed by atoms with E-state index < -0.39 is 18.0 Å². The van der Waals surface area contributed by atoms with Gasteiger partial charge in [0.05, 0.1) is 4.90 Å². The summed E-state index contributed by atoms with van der Waals surface area (Å²) in [6, 6.07) is 7.11. The molecule has 0 saturated carbocycles. The quantitative estimate of drug-likeness (QED) is 0.738. The fourth-order valence-corrected chi connectivity index (χ4v) is 6.69. The van der Waals surface area contributed by atoms with Crippen LogP contribution in [0.15, 0.2) is 29.2 Å². The molecule has 0 amide bonds. The Morgan fingerprint density at radius 3 is 2.07 bits per heavy atom. The van der Waals surface area contributed by atoms with Crippen molar-refractivity contribution in [3.63, 3.8) is 0 Å². The molecule has 2 nitrogen and oxygen atoms in total. The highest BCUT2D eigenvalue weighted by molar-refractivity contribution is 8.15. The number of hydrogen-bond donors (Lipinski definition) is 0. The molecule has 0 spiro atoms. The zero-order valence-electron chi connectivity index (χ0n) is 8.82. The average molecular weight is 228 g/mol. The Morgan fingerprint density at radius 1 is 1.14 bits per heavy atom. The van der Waals surface area contributed by atoms with Gasteiger partial charge in [-0.1, -0.05) is 31.5 Å². The number of benzene rings is 1. The third-order valence-corrected chi connectivity index (χ3v) is 8.35. The molecular weight excluding hydrogens is 212 g/mol. The summed E-state index contributed by atoms with van der Waals surface area (Å²) in [5.41, 5.74) is 1.40. The third-order valence-electron chi connectivity index (χ3n) is 1.93. The van der Waals surface area contributed by atoms with E-state index >= 15 is 0 Å². The third kappa shape index (κ3) is 2.96. The van der Waals surface area contributed by atoms with E-state index in [4.69, 9.17) is 0 Å². The number of hydrogen-bond acceptors (Lipinski definition) is 2. The van der Waals surface area contributed by atoms with E-state index in [2.05, 4.69) is 0 Å². The molecule has 0 fully saturated rings. The molecule has 14 heavy (non-hydrogen) atoms. The van der Waals surface area contributed by atoms with Crippen LogP contribution in [-0.2, 0) is 9.29 Å². The van der Waals surface area contributed by atoms with Crippen molar-refractivity contribution in [1.29, 1.82) is 0 Å². The predicted octanol–water partition coefficient (Wildman–Crippen LogP) is 1.68. The van der Waals surface area contributed by atoms with Gasteiger partial charge in [0.1, 0.15) is 9.29 Å². The lowest BCUT2D eigenvalue weighted by atomic mass is 10.2. The molecule has 0 aliphatic heterocycles. The minimum atomic E-state index is -2.94. The van der Waals surface area contributed by atoms with Crippen molar-refractivity contribution >= 4 is 18.0 Å². The van der Waals surface area contributed by atoms with Gasteiger partial charge in [0.25, 0.3) is 0 Å². The molecule has 0 N–H and O–H groups in total. The molecule has 0 radical (unpaired) electrons. The molecule has 4 heteroatoms. The van der Waals surface area contributed by atoms with E-state index in [0.717, 1.165) is 5.56 Å². The van der Waals surface area contributed by atoms with Crippen LogP contribution >= 0.6 is 0 Å². The van der Waals surface area contributed by atoms with Crippen LogP contribution < -0.4 is 0 Å². The van der Waals surface area contributed by atoms with Crippen LogP contribution in [0.25, 0.3) is 0 Å². The Hall–Kier alpha value is -0.613. The molecule has 0 saturated heterocycles. The number of aryl methyl sites for hydroxylation is 1. The minimum Gasteiger partial charge on any atom is -0.232 e. The highest BCUT2D eigenvalue weighted by Crippen LogP contribution is 2.14. The molecule has 1 aromatic carbocycles. The first-order valence-electron chi connectivity index (χ1n) is 4.71. The summed E-state index contributed by atoms with van der Waals surface area (Å²) in [4.78, 5) is 0.489. The second-order valence-corrected chi connectivity index (χ2v) is 10.9. The first-order chi connectivity index (χ1) is 6.42. The Balaban J connectivity index is 2.99. The van der Waals surface area contributed by atoms with Crippen LogP contribution in [0.4, 0.5) is 0 Å². The van der Waals surface area contributed by atoms with Gasteiger partial charge in [0.15, 0.2) is 8.67 Å². The second kappa shape index (κ2) is 4.27. The van der Waals surface area contributed by atoms with E-state index in [-0.39, 0.29) is 0 Å². The largest absolute Gasteiger partial charge is 0.232 e. The van der Waals surface area contributed by atoms with Crippen molar-refractivity contribution in [3.8, 4) is 0 Å². The fraction of sp³-hybridized carbons (Fsp3) is 0.400. The maximum atomic E-state index is 11.8. The van der Waals surface area contributed by atoms with Crippen LogP contribution in [0.5, 0.6) is 0 Å². The summed E-state index contributed by atoms with van der Waals surface area (Å²) in [7, 11) is -4.00. The van der Waals surface area contributed by atoms with Crippen LogP contribution in [0.3, 0.4) is 0 Å². The highest BCUT2D eigenvalue weighted by Gasteiger charge is 2.16. The molecule has 0 aliphatic carbocycles. The average Bonchev–Trinajstić information content (AvgIpc) is 2.02. The Labute approximate surface area is 87.7 Å². The zero-order chi connectivity index (χ0) is 10.8. The lowest BCUT2D eigenvalue weighted by Crippen LogP contribution is -2.13. The zero-order valence-corrected chi connectivity index (χ0v) is 11.0. The summed E-state index contributed by atoms with van der Waals surface area (Å²) in [5, 5.41) is 0. The second-order valence-electron chi connectivity index (χ2n) is 3.99. The van der Waals surface area contributed by atoms with E-state index in [1.165, 1.54) is 0 Å². The van der Waals surface area contributed by atoms with Gasteiger partial charge in [-0.15, -0.1) is 0 Å². The standard InChI is InChI=1S/C10H16O2SSi/c1-8(2)14-13(11,12)10-6-4-9(3)5-7-10/h4-8H,14H2,1-3H3.